The Labute approximate surface area is 190 Å². The van der Waals surface area contributed by atoms with Crippen molar-refractivity contribution in [3.63, 3.8) is 0 Å². The lowest BCUT2D eigenvalue weighted by atomic mass is 9.82. The molecule has 0 spiro atoms. The summed E-state index contributed by atoms with van der Waals surface area (Å²) in [6.45, 7) is 0.608. The maximum atomic E-state index is 12.7. The quantitative estimate of drug-likeness (QED) is 0.448. The van der Waals surface area contributed by atoms with Crippen LogP contribution in [0.1, 0.15) is 37.7 Å². The van der Waals surface area contributed by atoms with E-state index < -0.39 is 10.0 Å². The number of nitrogens with zero attached hydrogens (tertiary/aromatic N) is 1. The molecule has 4 N–H and O–H groups in total. The highest BCUT2D eigenvalue weighted by atomic mass is 79.9. The molecular formula is C20H27BrN4O5S. The minimum Gasteiger partial charge on any atom is -0.356 e. The van der Waals surface area contributed by atoms with Crippen LogP contribution in [0, 0.1) is 5.92 Å². The van der Waals surface area contributed by atoms with Crippen LogP contribution in [0.25, 0.3) is 0 Å². The molecule has 3 atom stereocenters. The molecular weight excluding hydrogens is 488 g/mol. The third-order valence-electron chi connectivity index (χ3n) is 5.70. The molecule has 9 nitrogen and oxygen atoms in total. The second kappa shape index (κ2) is 10.1. The Morgan fingerprint density at radius 2 is 1.94 bits per heavy atom. The normalized spacial score (nSPS) is 23.8. The highest BCUT2D eigenvalue weighted by molar-refractivity contribution is 9.09. The van der Waals surface area contributed by atoms with Crippen LogP contribution in [0.5, 0.6) is 0 Å². The molecule has 3 unspecified atom stereocenters. The minimum atomic E-state index is -3.72. The zero-order valence-corrected chi connectivity index (χ0v) is 19.5. The van der Waals surface area contributed by atoms with Gasteiger partial charge in [-0.3, -0.25) is 14.5 Å². The first-order chi connectivity index (χ1) is 14.6. The molecule has 1 aromatic carbocycles. The van der Waals surface area contributed by atoms with Gasteiger partial charge in [-0.15, -0.1) is 0 Å². The van der Waals surface area contributed by atoms with Crippen LogP contribution in [0.15, 0.2) is 29.2 Å². The number of imide groups is 1. The molecule has 1 heterocycles. The summed E-state index contributed by atoms with van der Waals surface area (Å²) in [6.07, 6.45) is 3.57. The molecule has 4 amide bonds. The van der Waals surface area contributed by atoms with E-state index in [1.807, 2.05) is 0 Å². The number of carbonyl (C=O) groups excluding carboxylic acids is 3. The van der Waals surface area contributed by atoms with Gasteiger partial charge in [0.15, 0.2) is 0 Å². The summed E-state index contributed by atoms with van der Waals surface area (Å²) >= 11 is 3.57. The number of fused-ring (bicyclic) bond motifs is 1. The largest absolute Gasteiger partial charge is 0.356 e. The monoisotopic (exact) mass is 514 g/mol. The van der Waals surface area contributed by atoms with E-state index in [1.165, 1.54) is 17.0 Å². The molecule has 1 saturated heterocycles. The predicted octanol–water partition coefficient (Wildman–Crippen LogP) is 1.26. The molecule has 170 valence electrons. The van der Waals surface area contributed by atoms with E-state index in [-0.39, 0.29) is 52.5 Å². The fourth-order valence-electron chi connectivity index (χ4n) is 3.99. The van der Waals surface area contributed by atoms with Gasteiger partial charge in [-0.05, 0) is 49.8 Å². The van der Waals surface area contributed by atoms with Crippen LogP contribution in [0.4, 0.5) is 4.79 Å². The number of primary sulfonamides is 1. The van der Waals surface area contributed by atoms with Crippen molar-refractivity contribution in [2.24, 2.45) is 11.1 Å². The van der Waals surface area contributed by atoms with Crippen LogP contribution < -0.4 is 15.8 Å². The summed E-state index contributed by atoms with van der Waals surface area (Å²) in [5.74, 6) is -0.520. The highest BCUT2D eigenvalue weighted by Gasteiger charge is 2.43. The third kappa shape index (κ3) is 6.27. The zero-order chi connectivity index (χ0) is 22.6. The number of amides is 4. The molecule has 2 fully saturated rings. The second-order valence-electron chi connectivity index (χ2n) is 7.96. The highest BCUT2D eigenvalue weighted by Crippen LogP contribution is 2.33. The maximum Gasteiger partial charge on any atom is 0.324 e. The first kappa shape index (κ1) is 23.7. The Hall–Kier alpha value is -1.98. The molecule has 11 heteroatoms. The van der Waals surface area contributed by atoms with Crippen molar-refractivity contribution in [2.75, 3.05) is 13.1 Å². The molecule has 1 aliphatic heterocycles. The Kier molecular flexibility index (Phi) is 7.71. The van der Waals surface area contributed by atoms with Crippen LogP contribution in [0.3, 0.4) is 0 Å². The van der Waals surface area contributed by atoms with Crippen LogP contribution >= 0.6 is 15.9 Å². The minimum absolute atomic E-state index is 0.0442. The van der Waals surface area contributed by atoms with Gasteiger partial charge < -0.3 is 10.6 Å². The summed E-state index contributed by atoms with van der Waals surface area (Å²) in [6, 6.07) is 5.71. The molecule has 1 aromatic rings. The Balaban J connectivity index is 1.39. The summed E-state index contributed by atoms with van der Waals surface area (Å²) in [7, 11) is -3.72. The summed E-state index contributed by atoms with van der Waals surface area (Å²) < 4.78 is 22.5. The number of halogens is 1. The molecule has 0 aromatic heterocycles. The van der Waals surface area contributed by atoms with E-state index in [2.05, 4.69) is 26.6 Å². The van der Waals surface area contributed by atoms with Gasteiger partial charge in [0.1, 0.15) is 0 Å². The Morgan fingerprint density at radius 3 is 2.61 bits per heavy atom. The number of hydrogen-bond acceptors (Lipinski definition) is 5. The Morgan fingerprint density at radius 1 is 1.23 bits per heavy atom. The van der Waals surface area contributed by atoms with Crippen LogP contribution in [-0.2, 0) is 26.0 Å². The summed E-state index contributed by atoms with van der Waals surface area (Å²) in [5.41, 5.74) is 0.871. The zero-order valence-electron chi connectivity index (χ0n) is 17.1. The topological polar surface area (TPSA) is 139 Å². The molecule has 0 radical (unpaired) electrons. The van der Waals surface area contributed by atoms with Crippen molar-refractivity contribution in [1.29, 1.82) is 0 Å². The number of sulfonamides is 1. The lowest BCUT2D eigenvalue weighted by molar-refractivity contribution is -0.136. The average Bonchev–Trinajstić information content (AvgIpc) is 2.71. The number of alkyl halides is 1. The molecule has 31 heavy (non-hydrogen) atoms. The average molecular weight is 515 g/mol. The molecule has 0 bridgehead atoms. The van der Waals surface area contributed by atoms with Gasteiger partial charge in [0.2, 0.25) is 21.8 Å². The van der Waals surface area contributed by atoms with E-state index in [0.29, 0.717) is 25.8 Å². The van der Waals surface area contributed by atoms with Crippen molar-refractivity contribution < 1.29 is 22.8 Å². The van der Waals surface area contributed by atoms with Gasteiger partial charge >= 0.3 is 6.03 Å². The number of carbonyl (C=O) groups is 3. The van der Waals surface area contributed by atoms with Crippen molar-refractivity contribution >= 4 is 43.8 Å². The van der Waals surface area contributed by atoms with Crippen molar-refractivity contribution in [2.45, 2.75) is 54.3 Å². The van der Waals surface area contributed by atoms with E-state index in [4.69, 9.17) is 5.14 Å². The van der Waals surface area contributed by atoms with E-state index in [9.17, 15) is 22.8 Å². The van der Waals surface area contributed by atoms with Crippen LogP contribution in [-0.4, -0.2) is 55.1 Å². The number of nitrogens with two attached hydrogens (primary N) is 1. The van der Waals surface area contributed by atoms with Crippen molar-refractivity contribution in [1.82, 2.24) is 15.5 Å². The van der Waals surface area contributed by atoms with Gasteiger partial charge in [0, 0.05) is 30.4 Å². The van der Waals surface area contributed by atoms with Crippen molar-refractivity contribution in [3.8, 4) is 0 Å². The number of urea groups is 1. The fraction of sp³-hybridized carbons (Fsp3) is 0.550. The third-order valence-corrected chi connectivity index (χ3v) is 7.46. The molecule has 1 saturated carbocycles. The summed E-state index contributed by atoms with van der Waals surface area (Å²) in [5, 5.41) is 10.8. The van der Waals surface area contributed by atoms with E-state index >= 15 is 0 Å². The predicted molar refractivity (Wildman–Crippen MR) is 118 cm³/mol. The first-order valence-electron chi connectivity index (χ1n) is 10.3. The van der Waals surface area contributed by atoms with Gasteiger partial charge in [0.05, 0.1) is 10.8 Å². The first-order valence-corrected chi connectivity index (χ1v) is 12.8. The lowest BCUT2D eigenvalue weighted by Gasteiger charge is -2.41. The van der Waals surface area contributed by atoms with Gasteiger partial charge in [-0.1, -0.05) is 28.1 Å². The summed E-state index contributed by atoms with van der Waals surface area (Å²) in [4.78, 5) is 38.6. The van der Waals surface area contributed by atoms with E-state index in [0.717, 1.165) is 18.4 Å². The molecule has 3 rings (SSSR count). The van der Waals surface area contributed by atoms with E-state index in [1.54, 1.807) is 12.1 Å². The van der Waals surface area contributed by atoms with Gasteiger partial charge in [-0.25, -0.2) is 18.4 Å². The fourth-order valence-corrected chi connectivity index (χ4v) is 5.17. The number of rotatable bonds is 8. The SMILES string of the molecule is NS(=O)(=O)c1ccc(CCNC(=O)CCCN2C(=O)NC3CCC(Br)CC3C2=O)cc1. The Bertz CT molecular complexity index is 937. The maximum absolute atomic E-state index is 12.7. The van der Waals surface area contributed by atoms with Crippen LogP contribution in [0.2, 0.25) is 0 Å². The molecule has 2 aliphatic rings. The van der Waals surface area contributed by atoms with Gasteiger partial charge in [-0.2, -0.15) is 0 Å². The number of benzene rings is 1. The molecule has 1 aliphatic carbocycles. The number of hydrogen-bond donors (Lipinski definition) is 3. The van der Waals surface area contributed by atoms with Gasteiger partial charge in [0.25, 0.3) is 0 Å². The smallest absolute Gasteiger partial charge is 0.324 e. The standard InChI is InChI=1S/C20H27BrN4O5S/c21-14-5-8-17-16(12-14)19(27)25(20(28)24-17)11-1-2-18(26)23-10-9-13-3-6-15(7-4-13)31(22,29)30/h3-4,6-7,14,16-17H,1-2,5,8-12H2,(H,23,26)(H,24,28)(H2,22,29,30). The second-order valence-corrected chi connectivity index (χ2v) is 10.8. The van der Waals surface area contributed by atoms with Crippen molar-refractivity contribution in [3.05, 3.63) is 29.8 Å². The lowest BCUT2D eigenvalue weighted by Crippen LogP contribution is -2.61. The number of nitrogens with one attached hydrogen (secondary N) is 2.